The van der Waals surface area contributed by atoms with E-state index in [4.69, 9.17) is 0 Å². The maximum absolute atomic E-state index is 12.1. The van der Waals surface area contributed by atoms with Gasteiger partial charge in [0.2, 0.25) is 0 Å². The van der Waals surface area contributed by atoms with Gasteiger partial charge in [-0.25, -0.2) is 4.79 Å². The summed E-state index contributed by atoms with van der Waals surface area (Å²) in [7, 11) is 1.78. The van der Waals surface area contributed by atoms with Crippen molar-refractivity contribution in [2.24, 2.45) is 7.05 Å². The lowest BCUT2D eigenvalue weighted by molar-refractivity contribution is 0.262. The SMILES string of the molecule is Cc1cccc(C(C)C)c1NC(=O)Nc1ccnn1C. The molecule has 2 amide bonds. The molecule has 1 aromatic carbocycles. The molecule has 0 spiro atoms. The zero-order valence-corrected chi connectivity index (χ0v) is 12.3. The highest BCUT2D eigenvalue weighted by atomic mass is 16.2. The number of aromatic nitrogens is 2. The molecular formula is C15H20N4O. The Balaban J connectivity index is 2.18. The third kappa shape index (κ3) is 2.99. The molecule has 0 aliphatic heterocycles. The third-order valence-corrected chi connectivity index (χ3v) is 3.23. The van der Waals surface area contributed by atoms with E-state index in [2.05, 4.69) is 29.6 Å². The van der Waals surface area contributed by atoms with Gasteiger partial charge in [0.1, 0.15) is 5.82 Å². The van der Waals surface area contributed by atoms with Gasteiger partial charge in [-0.2, -0.15) is 5.10 Å². The molecule has 0 fully saturated rings. The van der Waals surface area contributed by atoms with Crippen molar-refractivity contribution in [3.05, 3.63) is 41.6 Å². The predicted octanol–water partition coefficient (Wildman–Crippen LogP) is 3.50. The van der Waals surface area contributed by atoms with Crippen molar-refractivity contribution in [3.8, 4) is 0 Å². The summed E-state index contributed by atoms with van der Waals surface area (Å²) in [5.41, 5.74) is 3.06. The first-order valence-electron chi connectivity index (χ1n) is 6.64. The average molecular weight is 272 g/mol. The van der Waals surface area contributed by atoms with Crippen LogP contribution >= 0.6 is 0 Å². The maximum atomic E-state index is 12.1. The van der Waals surface area contributed by atoms with E-state index in [0.717, 1.165) is 16.8 Å². The first-order chi connectivity index (χ1) is 9.49. The van der Waals surface area contributed by atoms with Crippen LogP contribution in [0.5, 0.6) is 0 Å². The van der Waals surface area contributed by atoms with E-state index in [1.807, 2.05) is 25.1 Å². The van der Waals surface area contributed by atoms with Crippen LogP contribution < -0.4 is 10.6 Å². The van der Waals surface area contributed by atoms with E-state index in [0.29, 0.717) is 11.7 Å². The van der Waals surface area contributed by atoms with Gasteiger partial charge in [-0.1, -0.05) is 32.0 Å². The number of nitrogens with zero attached hydrogens (tertiary/aromatic N) is 2. The molecule has 0 saturated heterocycles. The van der Waals surface area contributed by atoms with Crippen LogP contribution in [0, 0.1) is 6.92 Å². The first kappa shape index (κ1) is 14.1. The molecule has 0 aliphatic carbocycles. The molecule has 1 heterocycles. The molecule has 2 aromatic rings. The number of aryl methyl sites for hydroxylation is 2. The molecule has 5 nitrogen and oxygen atoms in total. The smallest absolute Gasteiger partial charge is 0.307 e. The number of rotatable bonds is 3. The maximum Gasteiger partial charge on any atom is 0.324 e. The van der Waals surface area contributed by atoms with E-state index >= 15 is 0 Å². The Morgan fingerprint density at radius 2 is 2.00 bits per heavy atom. The molecule has 1 aromatic heterocycles. The fourth-order valence-corrected chi connectivity index (χ4v) is 2.10. The van der Waals surface area contributed by atoms with Crippen LogP contribution in [0.15, 0.2) is 30.5 Å². The average Bonchev–Trinajstić information content (AvgIpc) is 2.77. The minimum Gasteiger partial charge on any atom is -0.307 e. The number of hydrogen-bond donors (Lipinski definition) is 2. The van der Waals surface area contributed by atoms with E-state index in [9.17, 15) is 4.79 Å². The van der Waals surface area contributed by atoms with Gasteiger partial charge in [0, 0.05) is 18.8 Å². The van der Waals surface area contributed by atoms with Crippen LogP contribution in [0.25, 0.3) is 0 Å². The number of hydrogen-bond acceptors (Lipinski definition) is 2. The number of carbonyl (C=O) groups is 1. The number of urea groups is 1. The lowest BCUT2D eigenvalue weighted by atomic mass is 9.98. The number of carbonyl (C=O) groups excluding carboxylic acids is 1. The summed E-state index contributed by atoms with van der Waals surface area (Å²) >= 11 is 0. The Morgan fingerprint density at radius 1 is 1.25 bits per heavy atom. The largest absolute Gasteiger partial charge is 0.324 e. The van der Waals surface area contributed by atoms with Crippen molar-refractivity contribution in [2.75, 3.05) is 10.6 Å². The normalized spacial score (nSPS) is 10.7. The lowest BCUT2D eigenvalue weighted by Crippen LogP contribution is -2.22. The van der Waals surface area contributed by atoms with E-state index in [-0.39, 0.29) is 6.03 Å². The second-order valence-corrected chi connectivity index (χ2v) is 5.11. The van der Waals surface area contributed by atoms with Gasteiger partial charge in [0.25, 0.3) is 0 Å². The molecule has 2 rings (SSSR count). The van der Waals surface area contributed by atoms with Gasteiger partial charge in [-0.3, -0.25) is 10.00 Å². The summed E-state index contributed by atoms with van der Waals surface area (Å²) in [5, 5.41) is 9.73. The van der Waals surface area contributed by atoms with Crippen molar-refractivity contribution in [2.45, 2.75) is 26.7 Å². The number of nitrogens with one attached hydrogen (secondary N) is 2. The van der Waals surface area contributed by atoms with Gasteiger partial charge < -0.3 is 5.32 Å². The molecule has 20 heavy (non-hydrogen) atoms. The van der Waals surface area contributed by atoms with Crippen LogP contribution in [-0.2, 0) is 7.05 Å². The molecule has 0 aliphatic rings. The predicted molar refractivity (Wildman–Crippen MR) is 81.1 cm³/mol. The van der Waals surface area contributed by atoms with Gasteiger partial charge in [0.15, 0.2) is 0 Å². The standard InChI is InChI=1S/C15H20N4O/c1-10(2)12-7-5-6-11(3)14(12)18-15(20)17-13-8-9-16-19(13)4/h5-10H,1-4H3,(H2,17,18,20). The van der Waals surface area contributed by atoms with Crippen LogP contribution in [0.4, 0.5) is 16.3 Å². The number of amides is 2. The molecule has 5 heteroatoms. The molecule has 0 unspecified atom stereocenters. The zero-order valence-electron chi connectivity index (χ0n) is 12.3. The first-order valence-corrected chi connectivity index (χ1v) is 6.64. The minimum atomic E-state index is -0.259. The lowest BCUT2D eigenvalue weighted by Gasteiger charge is -2.16. The molecule has 0 bridgehead atoms. The Bertz CT molecular complexity index is 616. The van der Waals surface area contributed by atoms with Crippen LogP contribution in [-0.4, -0.2) is 15.8 Å². The van der Waals surface area contributed by atoms with Crippen molar-refractivity contribution >= 4 is 17.5 Å². The van der Waals surface area contributed by atoms with E-state index in [1.165, 1.54) is 0 Å². The zero-order chi connectivity index (χ0) is 14.7. The Morgan fingerprint density at radius 3 is 2.60 bits per heavy atom. The summed E-state index contributed by atoms with van der Waals surface area (Å²) in [6.45, 7) is 6.21. The van der Waals surface area contributed by atoms with E-state index < -0.39 is 0 Å². The fraction of sp³-hybridized carbons (Fsp3) is 0.333. The van der Waals surface area contributed by atoms with Crippen molar-refractivity contribution in [1.29, 1.82) is 0 Å². The minimum absolute atomic E-state index is 0.259. The molecule has 106 valence electrons. The highest BCUT2D eigenvalue weighted by Crippen LogP contribution is 2.27. The number of para-hydroxylation sites is 1. The summed E-state index contributed by atoms with van der Waals surface area (Å²) in [6.07, 6.45) is 1.64. The van der Waals surface area contributed by atoms with Crippen LogP contribution in [0.2, 0.25) is 0 Å². The van der Waals surface area contributed by atoms with Crippen molar-refractivity contribution in [1.82, 2.24) is 9.78 Å². The van der Waals surface area contributed by atoms with Crippen molar-refractivity contribution in [3.63, 3.8) is 0 Å². The quantitative estimate of drug-likeness (QED) is 0.898. The van der Waals surface area contributed by atoms with Gasteiger partial charge in [-0.05, 0) is 24.0 Å². The highest BCUT2D eigenvalue weighted by Gasteiger charge is 2.12. The molecule has 0 radical (unpaired) electrons. The Labute approximate surface area is 119 Å². The second kappa shape index (κ2) is 5.77. The van der Waals surface area contributed by atoms with Gasteiger partial charge in [-0.15, -0.1) is 0 Å². The Hall–Kier alpha value is -2.30. The Kier molecular flexibility index (Phi) is 4.08. The molecular weight excluding hydrogens is 252 g/mol. The summed E-state index contributed by atoms with van der Waals surface area (Å²) in [5.74, 6) is 1.00. The fourth-order valence-electron chi connectivity index (χ4n) is 2.10. The van der Waals surface area contributed by atoms with Gasteiger partial charge in [0.05, 0.1) is 6.20 Å². The van der Waals surface area contributed by atoms with Crippen molar-refractivity contribution < 1.29 is 4.79 Å². The topological polar surface area (TPSA) is 59.0 Å². The summed E-state index contributed by atoms with van der Waals surface area (Å²) in [6, 6.07) is 7.53. The monoisotopic (exact) mass is 272 g/mol. The van der Waals surface area contributed by atoms with E-state index in [1.54, 1.807) is 24.0 Å². The summed E-state index contributed by atoms with van der Waals surface area (Å²) < 4.78 is 1.61. The molecule has 0 saturated carbocycles. The third-order valence-electron chi connectivity index (χ3n) is 3.23. The second-order valence-electron chi connectivity index (χ2n) is 5.11. The highest BCUT2D eigenvalue weighted by molar-refractivity contribution is 6.00. The van der Waals surface area contributed by atoms with Crippen LogP contribution in [0.1, 0.15) is 30.9 Å². The van der Waals surface area contributed by atoms with Gasteiger partial charge >= 0.3 is 6.03 Å². The number of anilines is 2. The van der Waals surface area contributed by atoms with Crippen LogP contribution in [0.3, 0.4) is 0 Å². The summed E-state index contributed by atoms with van der Waals surface area (Å²) in [4.78, 5) is 12.1. The molecule has 0 atom stereocenters. The number of benzene rings is 1. The molecule has 2 N–H and O–H groups in total.